The van der Waals surface area contributed by atoms with Gasteiger partial charge in [0.25, 0.3) is 0 Å². The fourth-order valence-corrected chi connectivity index (χ4v) is 4.73. The van der Waals surface area contributed by atoms with E-state index >= 15 is 0 Å². The molecule has 0 aliphatic rings. The van der Waals surface area contributed by atoms with Crippen LogP contribution in [0.25, 0.3) is 32.7 Å². The Morgan fingerprint density at radius 1 is 0.788 bits per heavy atom. The van der Waals surface area contributed by atoms with Gasteiger partial charge in [0, 0.05) is 4.47 Å². The summed E-state index contributed by atoms with van der Waals surface area (Å²) in [6.07, 6.45) is 0. The number of rotatable bonds is 1. The summed E-state index contributed by atoms with van der Waals surface area (Å²) in [6.45, 7) is 11.0. The average molecular weight is 618 g/mol. The van der Waals surface area contributed by atoms with E-state index in [4.69, 9.17) is 17.0 Å². The van der Waals surface area contributed by atoms with Crippen LogP contribution in [0.1, 0.15) is 27.8 Å². The van der Waals surface area contributed by atoms with Crippen LogP contribution in [-0.4, -0.2) is 0 Å². The first-order valence-electron chi connectivity index (χ1n) is 10.8. The Hall–Kier alpha value is -1.18. The van der Waals surface area contributed by atoms with E-state index in [9.17, 15) is 0 Å². The van der Waals surface area contributed by atoms with Crippen molar-refractivity contribution in [1.82, 2.24) is 0 Å². The summed E-state index contributed by atoms with van der Waals surface area (Å²) in [4.78, 5) is 0. The molecule has 0 radical (unpaired) electrons. The van der Waals surface area contributed by atoms with Crippen molar-refractivity contribution in [3.8, 4) is 11.1 Å². The molecule has 0 heterocycles. The van der Waals surface area contributed by atoms with Crippen LogP contribution in [0.4, 0.5) is 0 Å². The van der Waals surface area contributed by atoms with Crippen molar-refractivity contribution in [2.75, 3.05) is 0 Å². The van der Waals surface area contributed by atoms with Crippen molar-refractivity contribution in [1.29, 1.82) is 0 Å². The van der Waals surface area contributed by atoms with Crippen LogP contribution in [0.2, 0.25) is 0 Å². The molecule has 0 atom stereocenters. The molecule has 0 bridgehead atoms. The molecule has 0 amide bonds. The summed E-state index contributed by atoms with van der Waals surface area (Å²) in [6, 6.07) is 25.9. The summed E-state index contributed by atoms with van der Waals surface area (Å²) in [7, 11) is 9.87. The Kier molecular flexibility index (Phi) is 9.60. The van der Waals surface area contributed by atoms with Crippen LogP contribution in [0.3, 0.4) is 0 Å². The molecular formula is C29H27BrCl2Zr. The Morgan fingerprint density at radius 2 is 1.36 bits per heavy atom. The van der Waals surface area contributed by atoms with Gasteiger partial charge in [0.1, 0.15) is 0 Å². The van der Waals surface area contributed by atoms with Crippen molar-refractivity contribution >= 4 is 54.5 Å². The van der Waals surface area contributed by atoms with E-state index in [2.05, 4.69) is 123 Å². The monoisotopic (exact) mass is 614 g/mol. The first-order valence-corrected chi connectivity index (χ1v) is 17.9. The topological polar surface area (TPSA) is 0 Å². The van der Waals surface area contributed by atoms with Crippen molar-refractivity contribution in [2.24, 2.45) is 0 Å². The van der Waals surface area contributed by atoms with E-state index in [1.807, 2.05) is 0 Å². The molecule has 0 aliphatic heterocycles. The number of benzene rings is 3. The van der Waals surface area contributed by atoms with Gasteiger partial charge >= 0.3 is 37.9 Å². The van der Waals surface area contributed by atoms with E-state index in [0.717, 1.165) is 4.47 Å². The number of halogens is 3. The van der Waals surface area contributed by atoms with Crippen molar-refractivity contribution in [2.45, 2.75) is 34.6 Å². The quantitative estimate of drug-likeness (QED) is 0.164. The molecule has 0 spiro atoms. The molecule has 0 saturated heterocycles. The molecule has 5 rings (SSSR count). The molecule has 0 fully saturated rings. The van der Waals surface area contributed by atoms with Crippen LogP contribution < -0.4 is 0 Å². The Balaban J connectivity index is 0.000000199. The zero-order valence-corrected chi connectivity index (χ0v) is 25.1. The summed E-state index contributed by atoms with van der Waals surface area (Å²) >= 11 is 2.81. The van der Waals surface area contributed by atoms with Crippen LogP contribution in [0.15, 0.2) is 77.3 Å². The van der Waals surface area contributed by atoms with Crippen LogP contribution in [-0.2, 0) is 20.8 Å². The van der Waals surface area contributed by atoms with E-state index in [1.54, 1.807) is 0 Å². The van der Waals surface area contributed by atoms with Gasteiger partial charge in [0.05, 0.1) is 0 Å². The molecule has 0 unspecified atom stereocenters. The summed E-state index contributed by atoms with van der Waals surface area (Å²) in [5.41, 5.74) is 9.92. The first-order chi connectivity index (χ1) is 15.8. The third kappa shape index (κ3) is 5.91. The van der Waals surface area contributed by atoms with Gasteiger partial charge in [0.15, 0.2) is 0 Å². The zero-order chi connectivity index (χ0) is 24.1. The third-order valence-electron chi connectivity index (χ3n) is 6.61. The fourth-order valence-electron chi connectivity index (χ4n) is 4.24. The molecule has 4 heteroatoms. The van der Waals surface area contributed by atoms with Gasteiger partial charge in [-0.05, 0) is 16.8 Å². The molecule has 0 aromatic heterocycles. The van der Waals surface area contributed by atoms with Crippen LogP contribution in [0.5, 0.6) is 0 Å². The van der Waals surface area contributed by atoms with E-state index < -0.39 is 20.8 Å². The molecule has 0 N–H and O–H groups in total. The normalized spacial score (nSPS) is 10.3. The Bertz CT molecular complexity index is 1260. The van der Waals surface area contributed by atoms with Gasteiger partial charge in [-0.2, -0.15) is 27.8 Å². The van der Waals surface area contributed by atoms with Crippen molar-refractivity contribution in [3.05, 3.63) is 105 Å². The minimum atomic E-state index is -0.826. The standard InChI is InChI=1S/C19H12Br.C10H15.2ClH.Zr/c20-19-10-4-8-17-16(7-3-9-18(17)19)15-11-13-5-1-2-6-14(13)12-15;1-6-7(2)9(4)10(5)8(6)3;;;/h1-12H;1-5H3;2*1H;/q2*-1;;;+4/p-2. The minimum absolute atomic E-state index is 0.826. The van der Waals surface area contributed by atoms with E-state index in [-0.39, 0.29) is 0 Å². The number of hydrogen-bond donors (Lipinski definition) is 0. The average Bonchev–Trinajstić information content (AvgIpc) is 3.32. The van der Waals surface area contributed by atoms with Crippen LogP contribution in [0, 0.1) is 34.6 Å². The fraction of sp³-hybridized carbons (Fsp3) is 0.172. The van der Waals surface area contributed by atoms with Crippen molar-refractivity contribution < 1.29 is 20.8 Å². The van der Waals surface area contributed by atoms with Gasteiger partial charge in [0.2, 0.25) is 0 Å². The third-order valence-corrected chi connectivity index (χ3v) is 7.30. The number of hydrogen-bond acceptors (Lipinski definition) is 0. The maximum absolute atomic E-state index is 4.93. The molecule has 5 aromatic rings. The van der Waals surface area contributed by atoms with Gasteiger partial charge < -0.3 is 0 Å². The van der Waals surface area contributed by atoms with E-state index in [1.165, 1.54) is 60.5 Å². The maximum atomic E-state index is 4.93. The van der Waals surface area contributed by atoms with Crippen molar-refractivity contribution in [3.63, 3.8) is 0 Å². The molecule has 0 aliphatic carbocycles. The van der Waals surface area contributed by atoms with Gasteiger partial charge in [-0.25, -0.2) is 0 Å². The predicted octanol–water partition coefficient (Wildman–Crippen LogP) is 10.5. The Morgan fingerprint density at radius 3 is 1.94 bits per heavy atom. The second kappa shape index (κ2) is 12.0. The second-order valence-corrected chi connectivity index (χ2v) is 12.8. The number of fused-ring (bicyclic) bond motifs is 2. The molecule has 33 heavy (non-hydrogen) atoms. The Labute approximate surface area is 224 Å². The molecule has 168 valence electrons. The van der Waals surface area contributed by atoms with Gasteiger partial charge in [-0.15, -0.1) is 34.5 Å². The predicted molar refractivity (Wildman–Crippen MR) is 148 cm³/mol. The van der Waals surface area contributed by atoms with Gasteiger partial charge in [-0.1, -0.05) is 105 Å². The molecule has 5 aromatic carbocycles. The molecular weight excluding hydrogens is 590 g/mol. The summed E-state index contributed by atoms with van der Waals surface area (Å²) in [5.74, 6) is 0. The summed E-state index contributed by atoms with van der Waals surface area (Å²) < 4.78 is 1.15. The summed E-state index contributed by atoms with van der Waals surface area (Å²) in [5, 5.41) is 5.15. The van der Waals surface area contributed by atoms with Gasteiger partial charge in [-0.3, -0.25) is 0 Å². The van der Waals surface area contributed by atoms with E-state index in [0.29, 0.717) is 0 Å². The molecule has 0 saturated carbocycles. The zero-order valence-electron chi connectivity index (χ0n) is 19.6. The second-order valence-electron chi connectivity index (χ2n) is 8.21. The molecule has 0 nitrogen and oxygen atoms in total. The van der Waals surface area contributed by atoms with Crippen LogP contribution >= 0.6 is 33.0 Å². The SMILES string of the molecule is Brc1cccc2c(-c3cc4ccccc4[cH-]3)cccc12.Cc1c(C)c(C)[c-](C)c1C.[Cl][Zr+2][Cl]. The first kappa shape index (κ1) is 26.4.